The maximum atomic E-state index is 13.4. The smallest absolute Gasteiger partial charge is 0.337 e. The van der Waals surface area contributed by atoms with E-state index in [1.54, 1.807) is 0 Å². The molecule has 3 N–H and O–H groups in total. The van der Waals surface area contributed by atoms with E-state index in [9.17, 15) is 23.2 Å². The number of aliphatic hydroxyl groups excluding tert-OH is 1. The molecule has 11 heteroatoms. The number of halogens is 3. The molecule has 168 valence electrons. The number of rotatable bonds is 7. The first-order chi connectivity index (χ1) is 15.2. The van der Waals surface area contributed by atoms with Crippen LogP contribution in [0.3, 0.4) is 0 Å². The van der Waals surface area contributed by atoms with Crippen molar-refractivity contribution < 1.29 is 33.0 Å². The summed E-state index contributed by atoms with van der Waals surface area (Å²) < 4.78 is 31.3. The lowest BCUT2D eigenvalue weighted by Crippen LogP contribution is -2.31. The Morgan fingerprint density at radius 2 is 1.78 bits per heavy atom. The number of hydrogen-bond acceptors (Lipinski definition) is 6. The highest BCUT2D eigenvalue weighted by atomic mass is 35.5. The van der Waals surface area contributed by atoms with Crippen molar-refractivity contribution in [3.63, 3.8) is 0 Å². The number of hydrogen-bond donors (Lipinski definition) is 3. The normalized spacial score (nSPS) is 13.4. The number of carbonyl (C=O) groups is 3. The molecule has 0 spiro atoms. The van der Waals surface area contributed by atoms with Gasteiger partial charge in [0.15, 0.2) is 11.6 Å². The Balaban J connectivity index is 1.75. The average molecular weight is 466 g/mol. The molecule has 3 rings (SSSR count). The van der Waals surface area contributed by atoms with Crippen LogP contribution >= 0.6 is 11.6 Å². The average Bonchev–Trinajstić information content (AvgIpc) is 3.07. The van der Waals surface area contributed by atoms with Crippen LogP contribution in [0.2, 0.25) is 5.02 Å². The molecule has 32 heavy (non-hydrogen) atoms. The summed E-state index contributed by atoms with van der Waals surface area (Å²) in [7, 11) is 1.20. The fourth-order valence-electron chi connectivity index (χ4n) is 3.03. The number of β-amino-alcohol motifs (C(OH)–C–C–N with tert-alkyl or cyclic N) is 1. The molecule has 2 amide bonds. The van der Waals surface area contributed by atoms with Gasteiger partial charge in [0.25, 0.3) is 11.8 Å². The lowest BCUT2D eigenvalue weighted by Gasteiger charge is -2.15. The maximum absolute atomic E-state index is 13.4. The van der Waals surface area contributed by atoms with Crippen LogP contribution < -0.4 is 10.6 Å². The molecule has 0 aromatic heterocycles. The lowest BCUT2D eigenvalue weighted by molar-refractivity contribution is -0.136. The second-order valence-corrected chi connectivity index (χ2v) is 7.11. The van der Waals surface area contributed by atoms with Gasteiger partial charge in [0.05, 0.1) is 36.4 Å². The van der Waals surface area contributed by atoms with Crippen molar-refractivity contribution in [1.82, 2.24) is 4.90 Å². The summed E-state index contributed by atoms with van der Waals surface area (Å²) in [5, 5.41) is 14.2. The van der Waals surface area contributed by atoms with E-state index < -0.39 is 29.4 Å². The summed E-state index contributed by atoms with van der Waals surface area (Å²) in [5.41, 5.74) is 0.667. The SMILES string of the molecule is COC(=O)C1=C(Nc2ccc(NC(=O)c3cc(F)c(F)cc3Cl)cc2)C(=O)N(CCO)C1. The quantitative estimate of drug-likeness (QED) is 0.428. The van der Waals surface area contributed by atoms with Crippen LogP contribution in [0.4, 0.5) is 20.2 Å². The Kier molecular flexibility index (Phi) is 7.06. The van der Waals surface area contributed by atoms with Gasteiger partial charge in [-0.05, 0) is 36.4 Å². The number of nitrogens with one attached hydrogen (secondary N) is 2. The highest BCUT2D eigenvalue weighted by Gasteiger charge is 2.34. The first kappa shape index (κ1) is 23.2. The van der Waals surface area contributed by atoms with Crippen LogP contribution in [0, 0.1) is 11.6 Å². The van der Waals surface area contributed by atoms with Gasteiger partial charge in [-0.1, -0.05) is 11.6 Å². The van der Waals surface area contributed by atoms with Gasteiger partial charge in [0.2, 0.25) is 0 Å². The molecule has 0 radical (unpaired) electrons. The van der Waals surface area contributed by atoms with Crippen LogP contribution in [0.15, 0.2) is 47.7 Å². The second kappa shape index (κ2) is 9.75. The number of nitrogens with zero attached hydrogens (tertiary/aromatic N) is 1. The van der Waals surface area contributed by atoms with E-state index in [1.807, 2.05) is 0 Å². The Morgan fingerprint density at radius 3 is 2.41 bits per heavy atom. The third-order valence-corrected chi connectivity index (χ3v) is 4.93. The zero-order chi connectivity index (χ0) is 23.4. The molecule has 0 atom stereocenters. The van der Waals surface area contributed by atoms with Crippen LogP contribution in [-0.4, -0.2) is 54.6 Å². The fraction of sp³-hybridized carbons (Fsp3) is 0.190. The van der Waals surface area contributed by atoms with Crippen molar-refractivity contribution in [1.29, 1.82) is 0 Å². The standard InChI is InChI=1S/C21H18ClF2N3O5/c1-32-21(31)14-10-27(6-7-28)20(30)18(14)25-11-2-4-12(5-3-11)26-19(29)13-8-16(23)17(24)9-15(13)22/h2-5,8-9,25,28H,6-7,10H2,1H3,(H,26,29). The number of methoxy groups -OCH3 is 1. The van der Waals surface area contributed by atoms with Gasteiger partial charge in [0, 0.05) is 17.9 Å². The van der Waals surface area contributed by atoms with Crippen LogP contribution in [0.1, 0.15) is 10.4 Å². The summed E-state index contributed by atoms with van der Waals surface area (Å²) in [6.45, 7) is -0.205. The third kappa shape index (κ3) is 4.87. The molecule has 0 fully saturated rings. The molecule has 2 aromatic carbocycles. The molecule has 0 aliphatic carbocycles. The van der Waals surface area contributed by atoms with E-state index in [2.05, 4.69) is 10.6 Å². The highest BCUT2D eigenvalue weighted by Crippen LogP contribution is 2.25. The first-order valence-electron chi connectivity index (χ1n) is 9.29. The van der Waals surface area contributed by atoms with Crippen molar-refractivity contribution in [2.24, 2.45) is 0 Å². The van der Waals surface area contributed by atoms with Crippen LogP contribution in [0.5, 0.6) is 0 Å². The van der Waals surface area contributed by atoms with Gasteiger partial charge in [0.1, 0.15) is 5.70 Å². The molecule has 1 aliphatic heterocycles. The largest absolute Gasteiger partial charge is 0.466 e. The summed E-state index contributed by atoms with van der Waals surface area (Å²) in [5.74, 6) is -4.25. The van der Waals surface area contributed by atoms with E-state index in [4.69, 9.17) is 21.4 Å². The van der Waals surface area contributed by atoms with Gasteiger partial charge in [-0.3, -0.25) is 9.59 Å². The molecule has 0 saturated carbocycles. The minimum Gasteiger partial charge on any atom is -0.466 e. The number of ether oxygens (including phenoxy) is 1. The van der Waals surface area contributed by atoms with E-state index in [0.29, 0.717) is 23.5 Å². The Morgan fingerprint density at radius 1 is 1.16 bits per heavy atom. The molecule has 2 aromatic rings. The lowest BCUT2D eigenvalue weighted by atomic mass is 10.2. The molecule has 0 unspecified atom stereocenters. The van der Waals surface area contributed by atoms with E-state index in [-0.39, 0.29) is 41.6 Å². The zero-order valence-corrected chi connectivity index (χ0v) is 17.5. The highest BCUT2D eigenvalue weighted by molar-refractivity contribution is 6.34. The summed E-state index contributed by atoms with van der Waals surface area (Å²) in [6.07, 6.45) is 0. The summed E-state index contributed by atoms with van der Waals surface area (Å²) in [6, 6.07) is 7.48. The van der Waals surface area contributed by atoms with Gasteiger partial charge in [-0.15, -0.1) is 0 Å². The van der Waals surface area contributed by atoms with Crippen molar-refractivity contribution in [3.8, 4) is 0 Å². The Hall–Kier alpha value is -3.50. The topological polar surface area (TPSA) is 108 Å². The number of carbonyl (C=O) groups excluding carboxylic acids is 3. The second-order valence-electron chi connectivity index (χ2n) is 6.70. The predicted octanol–water partition coefficient (Wildman–Crippen LogP) is 2.54. The Labute approximate surface area is 186 Å². The number of anilines is 2. The van der Waals surface area contributed by atoms with Crippen molar-refractivity contribution >= 4 is 40.8 Å². The van der Waals surface area contributed by atoms with Crippen LogP contribution in [0.25, 0.3) is 0 Å². The molecular formula is C21H18ClF2N3O5. The van der Waals surface area contributed by atoms with Gasteiger partial charge in [-0.2, -0.15) is 0 Å². The number of aliphatic hydroxyl groups is 1. The van der Waals surface area contributed by atoms with Crippen molar-refractivity contribution in [3.05, 3.63) is 69.9 Å². The molecule has 0 bridgehead atoms. The fourth-order valence-corrected chi connectivity index (χ4v) is 3.26. The molecule has 1 heterocycles. The molecule has 0 saturated heterocycles. The minimum atomic E-state index is -1.20. The molecular weight excluding hydrogens is 448 g/mol. The van der Waals surface area contributed by atoms with Crippen LogP contribution in [-0.2, 0) is 14.3 Å². The number of amides is 2. The minimum absolute atomic E-state index is 0.00245. The van der Waals surface area contributed by atoms with E-state index in [1.165, 1.54) is 36.3 Å². The first-order valence-corrected chi connectivity index (χ1v) is 9.67. The maximum Gasteiger partial charge on any atom is 0.337 e. The monoisotopic (exact) mass is 465 g/mol. The number of esters is 1. The zero-order valence-electron chi connectivity index (χ0n) is 16.7. The predicted molar refractivity (Wildman–Crippen MR) is 112 cm³/mol. The Bertz CT molecular complexity index is 1110. The van der Waals surface area contributed by atoms with Gasteiger partial charge in [-0.25, -0.2) is 13.6 Å². The third-order valence-electron chi connectivity index (χ3n) is 4.62. The van der Waals surface area contributed by atoms with Gasteiger partial charge < -0.3 is 25.4 Å². The molecule has 1 aliphatic rings. The van der Waals surface area contributed by atoms with Crippen molar-refractivity contribution in [2.45, 2.75) is 0 Å². The van der Waals surface area contributed by atoms with Crippen molar-refractivity contribution in [2.75, 3.05) is 37.4 Å². The summed E-state index contributed by atoms with van der Waals surface area (Å²) >= 11 is 5.81. The van der Waals surface area contributed by atoms with E-state index in [0.717, 1.165) is 0 Å². The van der Waals surface area contributed by atoms with E-state index >= 15 is 0 Å². The number of benzene rings is 2. The summed E-state index contributed by atoms with van der Waals surface area (Å²) in [4.78, 5) is 38.2. The molecule has 8 nitrogen and oxygen atoms in total. The van der Waals surface area contributed by atoms with Gasteiger partial charge >= 0.3 is 5.97 Å².